The maximum atomic E-state index is 11.9. The zero-order valence-electron chi connectivity index (χ0n) is 12.2. The van der Waals surface area contributed by atoms with E-state index in [4.69, 9.17) is 0 Å². The van der Waals surface area contributed by atoms with Gasteiger partial charge in [0, 0.05) is 12.0 Å². The Balaban J connectivity index is 2.39. The van der Waals surface area contributed by atoms with Gasteiger partial charge in [-0.25, -0.2) is 0 Å². The number of nitrogens with one attached hydrogen (secondary N) is 2. The molecule has 1 rings (SSSR count). The molecule has 4 heteroatoms. The first kappa shape index (κ1) is 15.0. The highest BCUT2D eigenvalue weighted by molar-refractivity contribution is 5.88. The van der Waals surface area contributed by atoms with Gasteiger partial charge < -0.3 is 10.6 Å². The van der Waals surface area contributed by atoms with Crippen LogP contribution in [0.15, 0.2) is 0 Å². The molecule has 0 radical (unpaired) electrons. The van der Waals surface area contributed by atoms with Crippen LogP contribution in [0.2, 0.25) is 0 Å². The minimum atomic E-state index is -0.456. The average molecular weight is 254 g/mol. The molecular weight excluding hydrogens is 228 g/mol. The molecule has 0 saturated heterocycles. The third-order valence-electron chi connectivity index (χ3n) is 3.89. The summed E-state index contributed by atoms with van der Waals surface area (Å²) in [4.78, 5) is 23.7. The molecule has 0 aliphatic heterocycles. The lowest BCUT2D eigenvalue weighted by molar-refractivity contribution is -0.132. The lowest BCUT2D eigenvalue weighted by atomic mass is 9.84. The number of hydrogen-bond acceptors (Lipinski definition) is 2. The topological polar surface area (TPSA) is 58.2 Å². The van der Waals surface area contributed by atoms with Gasteiger partial charge in [0.05, 0.1) is 0 Å². The summed E-state index contributed by atoms with van der Waals surface area (Å²) in [5.41, 5.74) is 0.0212. The van der Waals surface area contributed by atoms with Crippen molar-refractivity contribution in [2.75, 3.05) is 0 Å². The van der Waals surface area contributed by atoms with Gasteiger partial charge in [-0.2, -0.15) is 0 Å². The molecule has 18 heavy (non-hydrogen) atoms. The Bertz CT molecular complexity index is 316. The van der Waals surface area contributed by atoms with Gasteiger partial charge in [0.2, 0.25) is 11.8 Å². The van der Waals surface area contributed by atoms with Gasteiger partial charge >= 0.3 is 0 Å². The molecule has 2 amide bonds. The quantitative estimate of drug-likeness (QED) is 0.804. The Hall–Kier alpha value is -1.06. The highest BCUT2D eigenvalue weighted by atomic mass is 16.2. The van der Waals surface area contributed by atoms with E-state index in [0.29, 0.717) is 0 Å². The zero-order chi connectivity index (χ0) is 13.9. The first-order valence-corrected chi connectivity index (χ1v) is 6.82. The van der Waals surface area contributed by atoms with Crippen molar-refractivity contribution in [1.82, 2.24) is 10.6 Å². The van der Waals surface area contributed by atoms with Crippen molar-refractivity contribution >= 4 is 11.8 Å². The lowest BCUT2D eigenvalue weighted by Crippen LogP contribution is -2.51. The molecule has 104 valence electrons. The maximum Gasteiger partial charge on any atom is 0.242 e. The predicted octanol–water partition coefficient (Wildman–Crippen LogP) is 1.84. The Morgan fingerprint density at radius 2 is 1.67 bits per heavy atom. The molecule has 0 spiro atoms. The Labute approximate surface area is 110 Å². The van der Waals surface area contributed by atoms with Crippen LogP contribution in [0.3, 0.4) is 0 Å². The molecule has 1 aliphatic rings. The van der Waals surface area contributed by atoms with Crippen LogP contribution in [0.1, 0.15) is 53.9 Å². The summed E-state index contributed by atoms with van der Waals surface area (Å²) in [6.45, 7) is 9.96. The van der Waals surface area contributed by atoms with Crippen molar-refractivity contribution in [3.63, 3.8) is 0 Å². The molecule has 4 nitrogen and oxygen atoms in total. The van der Waals surface area contributed by atoms with Crippen LogP contribution in [0, 0.1) is 11.3 Å². The monoisotopic (exact) mass is 254 g/mol. The normalized spacial score (nSPS) is 19.6. The van der Waals surface area contributed by atoms with Gasteiger partial charge in [-0.15, -0.1) is 0 Å². The predicted molar refractivity (Wildman–Crippen MR) is 72.0 cm³/mol. The minimum absolute atomic E-state index is 0.0207. The molecule has 2 unspecified atom stereocenters. The Kier molecular flexibility index (Phi) is 4.77. The first-order chi connectivity index (χ1) is 8.21. The zero-order valence-corrected chi connectivity index (χ0v) is 12.2. The van der Waals surface area contributed by atoms with E-state index >= 15 is 0 Å². The van der Waals surface area contributed by atoms with E-state index in [1.54, 1.807) is 6.92 Å². The highest BCUT2D eigenvalue weighted by Crippen LogP contribution is 2.26. The van der Waals surface area contributed by atoms with Gasteiger partial charge in [0.25, 0.3) is 0 Å². The average Bonchev–Trinajstić information content (AvgIpc) is 2.12. The lowest BCUT2D eigenvalue weighted by Gasteiger charge is -2.30. The summed E-state index contributed by atoms with van der Waals surface area (Å²) in [6.07, 6.45) is 3.04. The third-order valence-corrected chi connectivity index (χ3v) is 3.89. The van der Waals surface area contributed by atoms with Crippen LogP contribution in [-0.4, -0.2) is 23.9 Å². The van der Waals surface area contributed by atoms with Crippen LogP contribution >= 0.6 is 0 Å². The van der Waals surface area contributed by atoms with Crippen LogP contribution in [0.25, 0.3) is 0 Å². The van der Waals surface area contributed by atoms with E-state index in [9.17, 15) is 9.59 Å². The van der Waals surface area contributed by atoms with E-state index in [0.717, 1.165) is 19.3 Å². The van der Waals surface area contributed by atoms with Crippen molar-refractivity contribution in [3.8, 4) is 0 Å². The van der Waals surface area contributed by atoms with Crippen LogP contribution in [-0.2, 0) is 9.59 Å². The standard InChI is InChI=1S/C14H26N2O2/c1-9(15-13(18)11-7-6-8-11)12(17)16-10(2)14(3,4)5/h9-11H,6-8H2,1-5H3,(H,15,18)(H,16,17). The van der Waals surface area contributed by atoms with Crippen LogP contribution in [0.4, 0.5) is 0 Å². The molecule has 0 aromatic heterocycles. The smallest absolute Gasteiger partial charge is 0.242 e. The number of rotatable bonds is 4. The second-order valence-corrected chi connectivity index (χ2v) is 6.45. The van der Waals surface area contributed by atoms with E-state index in [-0.39, 0.29) is 29.2 Å². The number of carbonyl (C=O) groups is 2. The first-order valence-electron chi connectivity index (χ1n) is 6.82. The van der Waals surface area contributed by atoms with Gasteiger partial charge in [0.1, 0.15) is 6.04 Å². The number of carbonyl (C=O) groups excluding carboxylic acids is 2. The third kappa shape index (κ3) is 4.00. The SMILES string of the molecule is CC(NC(=O)C1CCC1)C(=O)NC(C)C(C)(C)C. The Morgan fingerprint density at radius 3 is 2.06 bits per heavy atom. The second-order valence-electron chi connectivity index (χ2n) is 6.45. The summed E-state index contributed by atoms with van der Waals surface area (Å²) in [6, 6.07) is -0.379. The summed E-state index contributed by atoms with van der Waals surface area (Å²) >= 11 is 0. The van der Waals surface area contributed by atoms with Gasteiger partial charge in [-0.1, -0.05) is 27.2 Å². The van der Waals surface area contributed by atoms with E-state index in [2.05, 4.69) is 31.4 Å². The molecule has 1 saturated carbocycles. The number of hydrogen-bond donors (Lipinski definition) is 2. The highest BCUT2D eigenvalue weighted by Gasteiger charge is 2.29. The van der Waals surface area contributed by atoms with Crippen molar-refractivity contribution in [2.45, 2.75) is 66.0 Å². The van der Waals surface area contributed by atoms with Crippen LogP contribution < -0.4 is 10.6 Å². The minimum Gasteiger partial charge on any atom is -0.351 e. The van der Waals surface area contributed by atoms with Crippen molar-refractivity contribution < 1.29 is 9.59 Å². The van der Waals surface area contributed by atoms with Gasteiger partial charge in [0.15, 0.2) is 0 Å². The molecule has 0 aromatic rings. The molecule has 1 aliphatic carbocycles. The molecule has 0 aromatic carbocycles. The summed E-state index contributed by atoms with van der Waals surface area (Å²) in [5, 5.41) is 5.73. The van der Waals surface area contributed by atoms with Crippen LogP contribution in [0.5, 0.6) is 0 Å². The Morgan fingerprint density at radius 1 is 1.11 bits per heavy atom. The van der Waals surface area contributed by atoms with Crippen molar-refractivity contribution in [3.05, 3.63) is 0 Å². The fourth-order valence-corrected chi connectivity index (χ4v) is 1.62. The molecule has 1 fully saturated rings. The summed E-state index contributed by atoms with van der Waals surface area (Å²) in [7, 11) is 0. The van der Waals surface area contributed by atoms with E-state index < -0.39 is 6.04 Å². The molecule has 2 N–H and O–H groups in total. The van der Waals surface area contributed by atoms with Gasteiger partial charge in [-0.3, -0.25) is 9.59 Å². The fourth-order valence-electron chi connectivity index (χ4n) is 1.62. The van der Waals surface area contributed by atoms with E-state index in [1.165, 1.54) is 0 Å². The second kappa shape index (κ2) is 5.72. The fraction of sp³-hybridized carbons (Fsp3) is 0.857. The molecule has 2 atom stereocenters. The van der Waals surface area contributed by atoms with Crippen molar-refractivity contribution in [2.24, 2.45) is 11.3 Å². The largest absolute Gasteiger partial charge is 0.351 e. The van der Waals surface area contributed by atoms with E-state index in [1.807, 2.05) is 6.92 Å². The molecular formula is C14H26N2O2. The molecule has 0 heterocycles. The van der Waals surface area contributed by atoms with Gasteiger partial charge in [-0.05, 0) is 32.1 Å². The number of amides is 2. The van der Waals surface area contributed by atoms with Crippen molar-refractivity contribution in [1.29, 1.82) is 0 Å². The molecule has 0 bridgehead atoms. The summed E-state index contributed by atoms with van der Waals surface area (Å²) in [5.74, 6) is 0.0395. The summed E-state index contributed by atoms with van der Waals surface area (Å²) < 4.78 is 0. The maximum absolute atomic E-state index is 11.9.